The minimum atomic E-state index is -0.439. The second-order valence-corrected chi connectivity index (χ2v) is 8.41. The van der Waals surface area contributed by atoms with Crippen LogP contribution >= 0.6 is 23.4 Å². The third kappa shape index (κ3) is 4.38. The second-order valence-electron chi connectivity index (χ2n) is 6.98. The number of amides is 2. The lowest BCUT2D eigenvalue weighted by atomic mass is 10.1. The number of anilines is 1. The van der Waals surface area contributed by atoms with Crippen LogP contribution in [0.4, 0.5) is 10.5 Å². The van der Waals surface area contributed by atoms with Crippen molar-refractivity contribution in [2.75, 3.05) is 24.5 Å². The van der Waals surface area contributed by atoms with E-state index in [1.54, 1.807) is 30.3 Å². The van der Waals surface area contributed by atoms with E-state index >= 15 is 0 Å². The van der Waals surface area contributed by atoms with E-state index in [-0.39, 0.29) is 12.3 Å². The lowest BCUT2D eigenvalue weighted by Crippen LogP contribution is -2.33. The van der Waals surface area contributed by atoms with Gasteiger partial charge in [0.05, 0.1) is 11.4 Å². The topological polar surface area (TPSA) is 57.7 Å². The highest BCUT2D eigenvalue weighted by Gasteiger charge is 2.36. The summed E-state index contributed by atoms with van der Waals surface area (Å²) in [6.45, 7) is 1.86. The minimum absolute atomic E-state index is 0.280. The number of hydrogen-bond acceptors (Lipinski definition) is 5. The molecular formula is C22H19ClN2O3S. The highest BCUT2D eigenvalue weighted by atomic mass is 35.5. The summed E-state index contributed by atoms with van der Waals surface area (Å²) in [6, 6.07) is 14.3. The van der Waals surface area contributed by atoms with Gasteiger partial charge in [-0.15, -0.1) is 0 Å². The lowest BCUT2D eigenvalue weighted by molar-refractivity contribution is -0.122. The molecule has 2 aromatic rings. The third-order valence-corrected chi connectivity index (χ3v) is 6.16. The molecule has 2 fully saturated rings. The Hall–Kier alpha value is -2.57. The molecule has 2 aromatic carbocycles. The Morgan fingerprint density at radius 3 is 2.31 bits per heavy atom. The first kappa shape index (κ1) is 19.7. The fourth-order valence-electron chi connectivity index (χ4n) is 3.42. The number of carbonyl (C=O) groups is 3. The fourth-order valence-corrected chi connectivity index (χ4v) is 4.38. The van der Waals surface area contributed by atoms with E-state index < -0.39 is 11.1 Å². The highest BCUT2D eigenvalue weighted by Crippen LogP contribution is 2.32. The average Bonchev–Trinajstić information content (AvgIpc) is 3.34. The molecule has 2 heterocycles. The van der Waals surface area contributed by atoms with Crippen LogP contribution in [-0.4, -0.2) is 41.5 Å². The van der Waals surface area contributed by atoms with Gasteiger partial charge < -0.3 is 4.90 Å². The molecule has 0 bridgehead atoms. The summed E-state index contributed by atoms with van der Waals surface area (Å²) in [7, 11) is 0. The first-order chi connectivity index (χ1) is 14.0. The molecule has 5 nitrogen and oxygen atoms in total. The molecule has 0 spiro atoms. The zero-order chi connectivity index (χ0) is 20.4. The Balaban J connectivity index is 1.45. The summed E-state index contributed by atoms with van der Waals surface area (Å²) in [6.07, 6.45) is 4.12. The molecule has 2 aliphatic heterocycles. The number of carbonyl (C=O) groups excluding carboxylic acids is 3. The zero-order valence-corrected chi connectivity index (χ0v) is 17.2. The maximum absolute atomic E-state index is 12.7. The number of hydrogen-bond donors (Lipinski definition) is 0. The molecule has 0 radical (unpaired) electrons. The number of benzene rings is 2. The zero-order valence-electron chi connectivity index (χ0n) is 15.6. The molecular weight excluding hydrogens is 408 g/mol. The van der Waals surface area contributed by atoms with Gasteiger partial charge in [-0.1, -0.05) is 23.7 Å². The number of imide groups is 1. The molecule has 0 N–H and O–H groups in total. The van der Waals surface area contributed by atoms with Crippen molar-refractivity contribution < 1.29 is 14.4 Å². The van der Waals surface area contributed by atoms with Gasteiger partial charge in [0.25, 0.3) is 11.1 Å². The summed E-state index contributed by atoms with van der Waals surface area (Å²) >= 11 is 6.69. The summed E-state index contributed by atoms with van der Waals surface area (Å²) in [5, 5.41) is 0.0867. The first-order valence-electron chi connectivity index (χ1n) is 9.40. The molecule has 0 aromatic heterocycles. The summed E-state index contributed by atoms with van der Waals surface area (Å²) in [4.78, 5) is 41.0. The monoisotopic (exact) mass is 426 g/mol. The van der Waals surface area contributed by atoms with E-state index in [0.717, 1.165) is 35.3 Å². The van der Waals surface area contributed by atoms with Crippen LogP contribution in [0.2, 0.25) is 5.02 Å². The highest BCUT2D eigenvalue weighted by molar-refractivity contribution is 8.18. The Morgan fingerprint density at radius 1 is 1.00 bits per heavy atom. The number of ketones is 1. The van der Waals surface area contributed by atoms with Gasteiger partial charge in [-0.2, -0.15) is 0 Å². The van der Waals surface area contributed by atoms with Crippen LogP contribution in [-0.2, 0) is 4.79 Å². The van der Waals surface area contributed by atoms with Crippen LogP contribution in [0, 0.1) is 0 Å². The quantitative estimate of drug-likeness (QED) is 0.504. The molecule has 148 valence electrons. The predicted molar refractivity (Wildman–Crippen MR) is 116 cm³/mol. The van der Waals surface area contributed by atoms with Crippen molar-refractivity contribution >= 4 is 52.1 Å². The maximum Gasteiger partial charge on any atom is 0.293 e. The van der Waals surface area contributed by atoms with Gasteiger partial charge in [0.15, 0.2) is 5.78 Å². The first-order valence-corrected chi connectivity index (χ1v) is 10.6. The molecule has 29 heavy (non-hydrogen) atoms. The maximum atomic E-state index is 12.7. The minimum Gasteiger partial charge on any atom is -0.372 e. The Labute approximate surface area is 178 Å². The van der Waals surface area contributed by atoms with Crippen LogP contribution in [0.25, 0.3) is 6.08 Å². The molecule has 4 rings (SSSR count). The molecule has 7 heteroatoms. The van der Waals surface area contributed by atoms with Crippen molar-refractivity contribution in [3.8, 4) is 0 Å². The predicted octanol–water partition coefficient (Wildman–Crippen LogP) is 4.86. The van der Waals surface area contributed by atoms with E-state index in [1.165, 1.54) is 18.5 Å². The van der Waals surface area contributed by atoms with Crippen LogP contribution in [0.1, 0.15) is 28.8 Å². The van der Waals surface area contributed by atoms with E-state index in [4.69, 9.17) is 11.6 Å². The smallest absolute Gasteiger partial charge is 0.293 e. The van der Waals surface area contributed by atoms with Crippen molar-refractivity contribution in [3.63, 3.8) is 0 Å². The Bertz CT molecular complexity index is 980. The van der Waals surface area contributed by atoms with Gasteiger partial charge >= 0.3 is 0 Å². The normalized spacial score (nSPS) is 18.2. The number of Topliss-reactive ketones (excluding diaryl/α,β-unsaturated/α-hetero) is 1. The fraction of sp³-hybridized carbons (Fsp3) is 0.227. The summed E-state index contributed by atoms with van der Waals surface area (Å²) in [5.41, 5.74) is 2.43. The van der Waals surface area contributed by atoms with Crippen LogP contribution in [0.3, 0.4) is 0 Å². The van der Waals surface area contributed by atoms with Gasteiger partial charge in [0, 0.05) is 29.4 Å². The van der Waals surface area contributed by atoms with E-state index in [1.807, 2.05) is 24.3 Å². The van der Waals surface area contributed by atoms with Crippen molar-refractivity contribution in [2.45, 2.75) is 12.8 Å². The van der Waals surface area contributed by atoms with E-state index in [9.17, 15) is 14.4 Å². The van der Waals surface area contributed by atoms with Crippen molar-refractivity contribution in [1.82, 2.24) is 4.90 Å². The number of rotatable bonds is 5. The van der Waals surface area contributed by atoms with Gasteiger partial charge in [0.2, 0.25) is 0 Å². The van der Waals surface area contributed by atoms with Gasteiger partial charge in [-0.25, -0.2) is 0 Å². The van der Waals surface area contributed by atoms with Crippen LogP contribution in [0.15, 0.2) is 53.4 Å². The molecule has 0 saturated carbocycles. The molecule has 0 atom stereocenters. The van der Waals surface area contributed by atoms with Crippen molar-refractivity contribution in [2.24, 2.45) is 0 Å². The van der Waals surface area contributed by atoms with E-state index in [0.29, 0.717) is 15.5 Å². The molecule has 0 aliphatic carbocycles. The van der Waals surface area contributed by atoms with Crippen LogP contribution < -0.4 is 4.90 Å². The SMILES string of the molecule is O=C(CN1C(=O)S/C(=C\c2ccc(N3CCCC3)cc2)C1=O)c1ccc(Cl)cc1. The third-order valence-electron chi connectivity index (χ3n) is 5.00. The number of nitrogens with zero attached hydrogens (tertiary/aromatic N) is 2. The standard InChI is InChI=1S/C22H19ClN2O3S/c23-17-7-5-16(6-8-17)19(26)14-25-21(27)20(29-22(25)28)13-15-3-9-18(10-4-15)24-11-1-2-12-24/h3-10,13H,1-2,11-12,14H2/b20-13-. The molecule has 2 saturated heterocycles. The molecule has 2 amide bonds. The number of halogens is 1. The average molecular weight is 427 g/mol. The van der Waals surface area contributed by atoms with Gasteiger partial charge in [-0.3, -0.25) is 19.3 Å². The largest absolute Gasteiger partial charge is 0.372 e. The van der Waals surface area contributed by atoms with Crippen molar-refractivity contribution in [3.05, 3.63) is 69.6 Å². The van der Waals surface area contributed by atoms with Crippen LogP contribution in [0.5, 0.6) is 0 Å². The van der Waals surface area contributed by atoms with Gasteiger partial charge in [-0.05, 0) is 72.6 Å². The molecule has 0 unspecified atom stereocenters. The van der Waals surface area contributed by atoms with Gasteiger partial charge in [0.1, 0.15) is 0 Å². The second kappa shape index (κ2) is 8.43. The Morgan fingerprint density at radius 2 is 1.66 bits per heavy atom. The van der Waals surface area contributed by atoms with Crippen molar-refractivity contribution in [1.29, 1.82) is 0 Å². The summed E-state index contributed by atoms with van der Waals surface area (Å²) in [5.74, 6) is -0.744. The summed E-state index contributed by atoms with van der Waals surface area (Å²) < 4.78 is 0. The molecule has 2 aliphatic rings. The lowest BCUT2D eigenvalue weighted by Gasteiger charge is -2.17. The Kier molecular flexibility index (Phi) is 5.74. The van der Waals surface area contributed by atoms with E-state index in [2.05, 4.69) is 4.90 Å². The number of thioether (sulfide) groups is 1.